The summed E-state index contributed by atoms with van der Waals surface area (Å²) in [6.07, 6.45) is -5.11. The number of ether oxygens (including phenoxy) is 4. The first-order valence-corrected chi connectivity index (χ1v) is 8.63. The molecule has 7 nitrogen and oxygen atoms in total. The van der Waals surface area contributed by atoms with Crippen LogP contribution in [0.25, 0.3) is 0 Å². The number of rotatable bonds is 6. The summed E-state index contributed by atoms with van der Waals surface area (Å²) >= 11 is 10.8. The van der Waals surface area contributed by atoms with E-state index < -0.39 is 37.3 Å². The first kappa shape index (κ1) is 20.3. The van der Waals surface area contributed by atoms with Crippen LogP contribution in [-0.4, -0.2) is 64.5 Å². The van der Waals surface area contributed by atoms with Gasteiger partial charge in [-0.1, -0.05) is 18.5 Å². The maximum Gasteiger partial charge on any atom is 0.358 e. The molecule has 0 unspecified atom stereocenters. The molecule has 0 radical (unpaired) electrons. The quantitative estimate of drug-likeness (QED) is 0.622. The van der Waals surface area contributed by atoms with Crippen LogP contribution in [0.3, 0.4) is 0 Å². The highest BCUT2D eigenvalue weighted by atomic mass is 35.5. The van der Waals surface area contributed by atoms with Gasteiger partial charge in [-0.25, -0.2) is 0 Å². The topological polar surface area (TPSA) is 97.6 Å². The molecule has 1 saturated heterocycles. The van der Waals surface area contributed by atoms with Crippen molar-refractivity contribution < 1.29 is 34.3 Å². The molecule has 9 heteroatoms. The summed E-state index contributed by atoms with van der Waals surface area (Å²) in [6.45, 7) is 1.77. The molecule has 5 atom stereocenters. The molecular formula is C16H21ClO7S. The average molecular weight is 393 g/mol. The van der Waals surface area contributed by atoms with Gasteiger partial charge in [0.15, 0.2) is 12.4 Å². The highest BCUT2D eigenvalue weighted by Crippen LogP contribution is 2.25. The first-order chi connectivity index (χ1) is 12.0. The third-order valence-electron chi connectivity index (χ3n) is 3.56. The van der Waals surface area contributed by atoms with Gasteiger partial charge in [0.25, 0.3) is 0 Å². The van der Waals surface area contributed by atoms with Crippen molar-refractivity contribution in [3.8, 4) is 5.75 Å². The summed E-state index contributed by atoms with van der Waals surface area (Å²) < 4.78 is 21.5. The average Bonchev–Trinajstić information content (AvgIpc) is 2.60. The number of hydrogen-bond acceptors (Lipinski definition) is 8. The minimum absolute atomic E-state index is 0.293. The Bertz CT molecular complexity index is 556. The molecule has 2 rings (SSSR count). The van der Waals surface area contributed by atoms with E-state index in [1.165, 1.54) is 0 Å². The van der Waals surface area contributed by atoms with E-state index in [4.69, 9.17) is 42.8 Å². The number of benzene rings is 1. The van der Waals surface area contributed by atoms with E-state index in [2.05, 4.69) is 0 Å². The Labute approximate surface area is 156 Å². The van der Waals surface area contributed by atoms with E-state index in [0.717, 1.165) is 0 Å². The lowest BCUT2D eigenvalue weighted by Crippen LogP contribution is -2.60. The summed E-state index contributed by atoms with van der Waals surface area (Å²) in [5.41, 5.74) is 0. The fraction of sp³-hybridized carbons (Fsp3) is 0.562. The minimum atomic E-state index is -1.31. The molecule has 1 fully saturated rings. The Morgan fingerprint density at radius 2 is 1.92 bits per heavy atom. The molecule has 0 aromatic heterocycles. The lowest BCUT2D eigenvalue weighted by atomic mass is 9.99. The van der Waals surface area contributed by atoms with Crippen molar-refractivity contribution >= 4 is 29.1 Å². The molecule has 140 valence electrons. The van der Waals surface area contributed by atoms with Crippen LogP contribution >= 0.6 is 23.8 Å². The molecule has 1 heterocycles. The number of thiocarbonyl (C=S) groups is 1. The van der Waals surface area contributed by atoms with Gasteiger partial charge >= 0.3 is 5.24 Å². The second-order valence-electron chi connectivity index (χ2n) is 5.47. The normalized spacial score (nSPS) is 29.2. The molecule has 1 aromatic rings. The van der Waals surface area contributed by atoms with E-state index in [0.29, 0.717) is 23.8 Å². The second-order valence-corrected chi connectivity index (χ2v) is 6.24. The van der Waals surface area contributed by atoms with Crippen LogP contribution < -0.4 is 4.74 Å². The van der Waals surface area contributed by atoms with E-state index in [1.54, 1.807) is 24.3 Å². The van der Waals surface area contributed by atoms with E-state index >= 15 is 0 Å². The van der Waals surface area contributed by atoms with Crippen molar-refractivity contribution in [2.24, 2.45) is 0 Å². The fourth-order valence-electron chi connectivity index (χ4n) is 2.30. The zero-order valence-corrected chi connectivity index (χ0v) is 15.2. The number of aliphatic hydroxyl groups is 3. The van der Waals surface area contributed by atoms with Crippen LogP contribution in [-0.2, 0) is 14.2 Å². The summed E-state index contributed by atoms with van der Waals surface area (Å²) in [5, 5.41) is 30.2. The van der Waals surface area contributed by atoms with Crippen molar-refractivity contribution in [1.29, 1.82) is 0 Å². The van der Waals surface area contributed by atoms with Crippen LogP contribution in [0.2, 0.25) is 5.02 Å². The van der Waals surface area contributed by atoms with Crippen LogP contribution in [0.5, 0.6) is 5.75 Å². The molecule has 0 bridgehead atoms. The minimum Gasteiger partial charge on any atom is -0.447 e. The molecule has 1 aliphatic rings. The Balaban J connectivity index is 2.02. The third-order valence-corrected chi connectivity index (χ3v) is 3.99. The Kier molecular flexibility index (Phi) is 7.82. The molecule has 0 amide bonds. The largest absolute Gasteiger partial charge is 0.447 e. The Morgan fingerprint density at radius 1 is 1.24 bits per heavy atom. The molecule has 1 aliphatic heterocycles. The molecular weight excluding hydrogens is 372 g/mol. The SMILES string of the molecule is CCCO[C@@H]1O[C@H](CO)[C@@H](O)[C@H](OC(=S)Oc2ccc(Cl)cc2)[C@@H]1O. The zero-order valence-electron chi connectivity index (χ0n) is 13.6. The van der Waals surface area contributed by atoms with Gasteiger partial charge in [0.1, 0.15) is 24.1 Å². The van der Waals surface area contributed by atoms with Crippen molar-refractivity contribution in [3.63, 3.8) is 0 Å². The monoisotopic (exact) mass is 392 g/mol. The summed E-state index contributed by atoms with van der Waals surface area (Å²) in [7, 11) is 0. The lowest BCUT2D eigenvalue weighted by molar-refractivity contribution is -0.299. The van der Waals surface area contributed by atoms with Gasteiger partial charge in [-0.15, -0.1) is 0 Å². The van der Waals surface area contributed by atoms with Gasteiger partial charge in [-0.05, 0) is 30.7 Å². The highest BCUT2D eigenvalue weighted by Gasteiger charge is 2.47. The van der Waals surface area contributed by atoms with E-state index in [-0.39, 0.29) is 5.24 Å². The smallest absolute Gasteiger partial charge is 0.358 e. The van der Waals surface area contributed by atoms with Gasteiger partial charge in [0, 0.05) is 23.8 Å². The number of hydrogen-bond donors (Lipinski definition) is 3. The number of halogens is 1. The maximum atomic E-state index is 10.3. The first-order valence-electron chi connectivity index (χ1n) is 7.84. The Hall–Kier alpha value is -1.00. The van der Waals surface area contributed by atoms with Gasteiger partial charge in [-0.2, -0.15) is 0 Å². The zero-order chi connectivity index (χ0) is 18.4. The standard InChI is InChI=1S/C16H21ClO7S/c1-2-7-21-15-13(20)14(12(19)11(8-18)23-15)24-16(25)22-10-5-3-9(17)4-6-10/h3-6,11-15,18-20H,2,7-8H2,1H3/t11-,12-,13+,14+,15-/m1/s1. The summed E-state index contributed by atoms with van der Waals surface area (Å²) in [6, 6.07) is 6.43. The molecule has 3 N–H and O–H groups in total. The van der Waals surface area contributed by atoms with Crippen molar-refractivity contribution in [3.05, 3.63) is 29.3 Å². The Morgan fingerprint density at radius 3 is 2.52 bits per heavy atom. The summed E-state index contributed by atoms with van der Waals surface area (Å²) in [4.78, 5) is 0. The van der Waals surface area contributed by atoms with Crippen LogP contribution in [0.1, 0.15) is 13.3 Å². The van der Waals surface area contributed by atoms with Crippen molar-refractivity contribution in [2.75, 3.05) is 13.2 Å². The molecule has 1 aromatic carbocycles. The molecule has 25 heavy (non-hydrogen) atoms. The predicted octanol–water partition coefficient (Wildman–Crippen LogP) is 1.25. The van der Waals surface area contributed by atoms with E-state index in [1.807, 2.05) is 6.92 Å². The third kappa shape index (κ3) is 5.49. The second kappa shape index (κ2) is 9.63. The highest BCUT2D eigenvalue weighted by molar-refractivity contribution is 7.79. The van der Waals surface area contributed by atoms with Gasteiger partial charge in [0.2, 0.25) is 0 Å². The maximum absolute atomic E-state index is 10.3. The fourth-order valence-corrected chi connectivity index (χ4v) is 2.63. The molecule has 0 aliphatic carbocycles. The van der Waals surface area contributed by atoms with Gasteiger partial charge in [0.05, 0.1) is 6.61 Å². The lowest BCUT2D eigenvalue weighted by Gasteiger charge is -2.41. The van der Waals surface area contributed by atoms with Crippen molar-refractivity contribution in [1.82, 2.24) is 0 Å². The predicted molar refractivity (Wildman–Crippen MR) is 93.6 cm³/mol. The summed E-state index contributed by atoms with van der Waals surface area (Å²) in [5.74, 6) is 0.392. The van der Waals surface area contributed by atoms with E-state index in [9.17, 15) is 15.3 Å². The van der Waals surface area contributed by atoms with Gasteiger partial charge in [-0.3, -0.25) is 0 Å². The van der Waals surface area contributed by atoms with Crippen LogP contribution in [0.4, 0.5) is 0 Å². The number of aliphatic hydroxyl groups excluding tert-OH is 3. The van der Waals surface area contributed by atoms with Crippen molar-refractivity contribution in [2.45, 2.75) is 44.1 Å². The molecule has 0 saturated carbocycles. The molecule has 0 spiro atoms. The van der Waals surface area contributed by atoms with Crippen LogP contribution in [0.15, 0.2) is 24.3 Å². The van der Waals surface area contributed by atoms with Gasteiger partial charge < -0.3 is 34.3 Å². The van der Waals surface area contributed by atoms with Crippen LogP contribution in [0, 0.1) is 0 Å².